The summed E-state index contributed by atoms with van der Waals surface area (Å²) < 4.78 is 272. The van der Waals surface area contributed by atoms with Crippen molar-refractivity contribution in [3.05, 3.63) is 230 Å². The quantitative estimate of drug-likeness (QED) is 0.113. The number of para-hydroxylation sites is 5. The summed E-state index contributed by atoms with van der Waals surface area (Å²) in [7, 11) is -3.35. The minimum absolute atomic E-state index is 0.0707. The molecule has 3 aromatic heterocycles. The van der Waals surface area contributed by atoms with Crippen molar-refractivity contribution in [3.8, 4) is 45.5 Å². The van der Waals surface area contributed by atoms with Gasteiger partial charge in [-0.05, 0) is 58.6 Å². The van der Waals surface area contributed by atoms with Gasteiger partial charge in [0.15, 0.2) is 20.4 Å². The van der Waals surface area contributed by atoms with Crippen molar-refractivity contribution in [3.63, 3.8) is 0 Å². The molecule has 12 rings (SSSR count). The summed E-state index contributed by atoms with van der Waals surface area (Å²) in [6.45, 7) is 0. The lowest BCUT2D eigenvalue weighted by Crippen LogP contribution is -2.52. The molecule has 0 fully saturated rings. The Morgan fingerprint density at radius 1 is 0.381 bits per heavy atom. The number of nitrogens with zero attached hydrogens (tertiary/aromatic N) is 5. The van der Waals surface area contributed by atoms with Crippen LogP contribution in [-0.2, 0) is 0 Å². The van der Waals surface area contributed by atoms with Gasteiger partial charge in [0.25, 0.3) is 0 Å². The van der Waals surface area contributed by atoms with Gasteiger partial charge in [0.05, 0.1) is 68.9 Å². The minimum Gasteiger partial charge on any atom is -0.309 e. The van der Waals surface area contributed by atoms with E-state index in [-0.39, 0.29) is 32.3 Å². The van der Waals surface area contributed by atoms with Crippen molar-refractivity contribution in [2.75, 3.05) is 0 Å². The van der Waals surface area contributed by atoms with Crippen LogP contribution in [0.15, 0.2) is 230 Å². The fraction of sp³-hybridized carbons (Fsp3) is 0. The zero-order chi connectivity index (χ0) is 67.8. The SMILES string of the molecule is [2H]c1c([2H])c([2H])c([Si](c2ccccc2-c2cccc(-c3nc(-c4c([2H])c([2H])c([2H])c([2H])c4-n4c5c([2H])c([2H])c([2H])c([2H])c5c5c([2H])c([2H])c([2H])c([2H])c54)nc(-n4c5c([2H])c([2H])c([2H])c([2H])c5c5c([2H])c([2H])c([2H])c([2H])c54)n3)c2)c2c([2H])c([2H])c([2H])c([2H])c2[2H])c([2H])c1[2H]. The Morgan fingerprint density at radius 2 is 0.857 bits per heavy atom. The van der Waals surface area contributed by atoms with E-state index in [9.17, 15) is 13.7 Å². The Kier molecular flexibility index (Phi) is 4.22. The van der Waals surface area contributed by atoms with Crippen LogP contribution in [0.2, 0.25) is 0 Å². The van der Waals surface area contributed by atoms with Gasteiger partial charge in [-0.25, -0.2) is 4.98 Å². The van der Waals surface area contributed by atoms with Gasteiger partial charge in [0.2, 0.25) is 5.95 Å². The first-order valence-corrected chi connectivity index (χ1v) is 20.3. The summed E-state index contributed by atoms with van der Waals surface area (Å²) in [6.07, 6.45) is 0. The van der Waals surface area contributed by atoms with Crippen LogP contribution in [0.3, 0.4) is 0 Å². The summed E-state index contributed by atoms with van der Waals surface area (Å²) in [5.41, 5.74) is -3.53. The van der Waals surface area contributed by atoms with E-state index < -0.39 is 263 Å². The lowest BCUT2D eigenvalue weighted by molar-refractivity contribution is 0.952. The smallest absolute Gasteiger partial charge is 0.238 e. The molecule has 0 spiro atoms. The van der Waals surface area contributed by atoms with E-state index in [1.165, 1.54) is 42.5 Å². The molecular weight excluding hydrogens is 783 g/mol. The average molecular weight is 851 g/mol. The molecule has 0 saturated carbocycles. The van der Waals surface area contributed by atoms with Crippen molar-refractivity contribution >= 4 is 68.0 Å². The average Bonchev–Trinajstić information content (AvgIpc) is 1.58. The summed E-state index contributed by atoms with van der Waals surface area (Å²) in [5, 5.41) is -2.51. The molecule has 0 aliphatic heterocycles. The van der Waals surface area contributed by atoms with Crippen LogP contribution < -0.4 is 15.6 Å². The van der Waals surface area contributed by atoms with Crippen LogP contribution in [0.4, 0.5) is 0 Å². The van der Waals surface area contributed by atoms with Crippen LogP contribution in [0, 0.1) is 0 Å². The van der Waals surface area contributed by atoms with E-state index in [0.29, 0.717) is 0 Å². The standard InChI is InChI=1S/C57H38N5Si/c1-3-22-41(23-4-1)63(42-24-5-2-6-25-42)54-37-18-12-26-43(54)39-20-19-21-40(38-39)55-58-56(60-57(59-55)62-51-34-15-9-29-46(51)47-30-10-16-35-52(47)62)48-31-11-17-36-53(48)61-49-32-13-7-27-44(49)45-28-8-14-33-50(45)61/h1-38H/i1D,2D,3D,4D,5D,6D,7D,8D,9D,10D,11D,13D,14D,15D,16D,17D,22D,23D,24D,25D,27D,28D,29D,30D,31D,32D,33D,34D,35D,36D. The Labute approximate surface area is 408 Å². The molecule has 63 heavy (non-hydrogen) atoms. The molecule has 3 heterocycles. The molecule has 0 saturated heterocycles. The molecule has 5 nitrogen and oxygen atoms in total. The first kappa shape index (κ1) is 17.3. The highest BCUT2D eigenvalue weighted by atomic mass is 28.3. The number of rotatable bonds is 8. The fourth-order valence-electron chi connectivity index (χ4n) is 7.53. The summed E-state index contributed by atoms with van der Waals surface area (Å²) in [4.78, 5) is 14.4. The second-order valence-electron chi connectivity index (χ2n) is 13.6. The van der Waals surface area contributed by atoms with Gasteiger partial charge in [-0.15, -0.1) is 0 Å². The third kappa shape index (κ3) is 6.27. The van der Waals surface area contributed by atoms with Crippen LogP contribution in [0.1, 0.15) is 41.1 Å². The molecule has 0 aliphatic carbocycles. The Hall–Kier alpha value is -8.19. The van der Waals surface area contributed by atoms with Gasteiger partial charge in [-0.3, -0.25) is 4.57 Å². The molecule has 0 bridgehead atoms. The van der Waals surface area contributed by atoms with Gasteiger partial charge < -0.3 is 4.57 Å². The normalized spacial score (nSPS) is 18.3. The Morgan fingerprint density at radius 3 is 1.46 bits per heavy atom. The van der Waals surface area contributed by atoms with E-state index in [4.69, 9.17) is 42.4 Å². The number of hydrogen-bond acceptors (Lipinski definition) is 3. The molecule has 0 amide bonds. The fourth-order valence-corrected chi connectivity index (χ4v) is 9.83. The maximum atomic E-state index is 9.74. The second-order valence-corrected chi connectivity index (χ2v) is 15.9. The molecule has 295 valence electrons. The van der Waals surface area contributed by atoms with Crippen LogP contribution in [0.25, 0.3) is 89.2 Å². The highest BCUT2D eigenvalue weighted by Gasteiger charge is 2.24. The third-order valence-electron chi connectivity index (χ3n) is 10.1. The number of fused-ring (bicyclic) bond motifs is 6. The Balaban J connectivity index is 1.25. The second kappa shape index (κ2) is 15.4. The highest BCUT2D eigenvalue weighted by Crippen LogP contribution is 2.37. The largest absolute Gasteiger partial charge is 0.309 e. The molecular formula is C57H38N5Si. The third-order valence-corrected chi connectivity index (χ3v) is 12.6. The van der Waals surface area contributed by atoms with Crippen molar-refractivity contribution in [2.24, 2.45) is 0 Å². The molecule has 0 atom stereocenters. The molecule has 0 aliphatic rings. The summed E-state index contributed by atoms with van der Waals surface area (Å²) >= 11 is 0. The zero-order valence-corrected chi connectivity index (χ0v) is 32.9. The number of hydrogen-bond donors (Lipinski definition) is 0. The van der Waals surface area contributed by atoms with Crippen LogP contribution in [-0.4, -0.2) is 32.9 Å². The molecule has 6 heteroatoms. The monoisotopic (exact) mass is 850 g/mol. The van der Waals surface area contributed by atoms with Crippen LogP contribution in [0.5, 0.6) is 0 Å². The predicted molar refractivity (Wildman–Crippen MR) is 262 cm³/mol. The molecule has 9 aromatic carbocycles. The molecule has 0 N–H and O–H groups in total. The molecule has 12 aromatic rings. The molecule has 0 unspecified atom stereocenters. The van der Waals surface area contributed by atoms with Crippen molar-refractivity contribution in [1.82, 2.24) is 24.1 Å². The van der Waals surface area contributed by atoms with E-state index >= 15 is 0 Å². The number of benzene rings is 9. The Bertz CT molecular complexity index is 5150. The van der Waals surface area contributed by atoms with E-state index in [0.717, 1.165) is 9.13 Å². The summed E-state index contributed by atoms with van der Waals surface area (Å²) in [6, 6.07) is -13.0. The maximum Gasteiger partial charge on any atom is 0.238 e. The van der Waals surface area contributed by atoms with E-state index in [1.807, 2.05) is 0 Å². The topological polar surface area (TPSA) is 48.5 Å². The zero-order valence-electron chi connectivity index (χ0n) is 61.9. The van der Waals surface area contributed by atoms with Gasteiger partial charge in [-0.2, -0.15) is 9.97 Å². The van der Waals surface area contributed by atoms with Gasteiger partial charge in [-0.1, -0.05) is 198 Å². The van der Waals surface area contributed by atoms with Gasteiger partial charge in [0, 0.05) is 32.7 Å². The van der Waals surface area contributed by atoms with Crippen molar-refractivity contribution in [1.29, 1.82) is 0 Å². The van der Waals surface area contributed by atoms with Gasteiger partial charge >= 0.3 is 0 Å². The minimum atomic E-state index is -3.35. The first-order chi connectivity index (χ1) is 43.7. The predicted octanol–water partition coefficient (Wildman–Crippen LogP) is 11.6. The number of aromatic nitrogens is 5. The van der Waals surface area contributed by atoms with Gasteiger partial charge in [0.1, 0.15) is 0 Å². The maximum absolute atomic E-state index is 9.74. The lowest BCUT2D eigenvalue weighted by Gasteiger charge is -2.20. The van der Waals surface area contributed by atoms with E-state index in [1.54, 1.807) is 6.07 Å². The first-order valence-electron chi connectivity index (χ1n) is 33.8. The summed E-state index contributed by atoms with van der Waals surface area (Å²) in [5.74, 6) is -2.06. The molecule has 1 radical (unpaired) electrons. The van der Waals surface area contributed by atoms with Crippen molar-refractivity contribution in [2.45, 2.75) is 0 Å². The lowest BCUT2D eigenvalue weighted by atomic mass is 10.0. The highest BCUT2D eigenvalue weighted by molar-refractivity contribution is 6.96. The van der Waals surface area contributed by atoms with Crippen molar-refractivity contribution < 1.29 is 41.1 Å². The van der Waals surface area contributed by atoms with Crippen LogP contribution >= 0.6 is 0 Å². The van der Waals surface area contributed by atoms with E-state index in [2.05, 4.69) is 0 Å².